The number of nitrogens with one attached hydrogen (secondary N) is 1. The molecule has 2 rings (SSSR count). The van der Waals surface area contributed by atoms with Crippen molar-refractivity contribution in [3.8, 4) is 5.75 Å². The molecule has 0 amide bonds. The van der Waals surface area contributed by atoms with Gasteiger partial charge in [-0.2, -0.15) is 0 Å². The van der Waals surface area contributed by atoms with Crippen LogP contribution in [-0.4, -0.2) is 30.6 Å². The Bertz CT molecular complexity index is 571. The predicted molar refractivity (Wildman–Crippen MR) is 86.6 cm³/mol. The third-order valence-electron chi connectivity index (χ3n) is 3.23. The maximum Gasteiger partial charge on any atom is 0.126 e. The number of benzene rings is 1. The summed E-state index contributed by atoms with van der Waals surface area (Å²) in [7, 11) is 3.80. The monoisotopic (exact) mass is 285 g/mol. The summed E-state index contributed by atoms with van der Waals surface area (Å²) in [5.41, 5.74) is 2.25. The smallest absolute Gasteiger partial charge is 0.126 e. The van der Waals surface area contributed by atoms with E-state index >= 15 is 0 Å². The molecule has 0 aliphatic carbocycles. The topological polar surface area (TPSA) is 37.4 Å². The molecule has 1 N–H and O–H groups in total. The number of aromatic nitrogens is 1. The van der Waals surface area contributed by atoms with E-state index in [4.69, 9.17) is 4.74 Å². The third kappa shape index (κ3) is 4.46. The number of anilines is 1. The molecule has 0 radical (unpaired) electrons. The van der Waals surface area contributed by atoms with Crippen LogP contribution in [0.3, 0.4) is 0 Å². The first-order valence-electron chi connectivity index (χ1n) is 7.23. The molecule has 4 heteroatoms. The predicted octanol–water partition coefficient (Wildman–Crippen LogP) is 3.15. The molecule has 0 saturated heterocycles. The van der Waals surface area contributed by atoms with E-state index in [-0.39, 0.29) is 0 Å². The normalized spacial score (nSPS) is 10.7. The van der Waals surface area contributed by atoms with Gasteiger partial charge in [0.25, 0.3) is 0 Å². The Hall–Kier alpha value is -2.07. The summed E-state index contributed by atoms with van der Waals surface area (Å²) >= 11 is 0. The van der Waals surface area contributed by atoms with Gasteiger partial charge < -0.3 is 10.1 Å². The van der Waals surface area contributed by atoms with E-state index in [0.717, 1.165) is 36.9 Å². The van der Waals surface area contributed by atoms with Crippen molar-refractivity contribution >= 4 is 5.82 Å². The molecule has 21 heavy (non-hydrogen) atoms. The minimum atomic E-state index is 0.803. The summed E-state index contributed by atoms with van der Waals surface area (Å²) in [4.78, 5) is 6.83. The molecule has 0 saturated carbocycles. The fourth-order valence-electron chi connectivity index (χ4n) is 2.30. The number of pyridine rings is 1. The number of hydrogen-bond donors (Lipinski definition) is 1. The number of ether oxygens (including phenoxy) is 1. The van der Waals surface area contributed by atoms with Gasteiger partial charge in [0.2, 0.25) is 0 Å². The lowest BCUT2D eigenvalue weighted by Gasteiger charge is -2.18. The van der Waals surface area contributed by atoms with Crippen LogP contribution in [0, 0.1) is 0 Å². The van der Waals surface area contributed by atoms with Crippen molar-refractivity contribution in [3.63, 3.8) is 0 Å². The zero-order chi connectivity index (χ0) is 15.1. The van der Waals surface area contributed by atoms with Gasteiger partial charge in [0.15, 0.2) is 0 Å². The summed E-state index contributed by atoms with van der Waals surface area (Å²) in [5, 5.41) is 3.24. The Morgan fingerprint density at radius 1 is 1.10 bits per heavy atom. The van der Waals surface area contributed by atoms with Crippen LogP contribution in [0.5, 0.6) is 5.75 Å². The van der Waals surface area contributed by atoms with Crippen LogP contribution in [0.25, 0.3) is 0 Å². The Morgan fingerprint density at radius 2 is 1.90 bits per heavy atom. The third-order valence-corrected chi connectivity index (χ3v) is 3.23. The minimum absolute atomic E-state index is 0.803. The number of hydrogen-bond acceptors (Lipinski definition) is 4. The molecule has 0 bridgehead atoms. The first-order valence-corrected chi connectivity index (χ1v) is 7.23. The minimum Gasteiger partial charge on any atom is -0.496 e. The Morgan fingerprint density at radius 3 is 2.67 bits per heavy atom. The summed E-state index contributed by atoms with van der Waals surface area (Å²) in [6.07, 6.45) is 0. The second kappa shape index (κ2) is 7.64. The SMILES string of the molecule is CCNc1cccc(CN(C)Cc2ccccc2OC)n1. The molecule has 1 aromatic carbocycles. The molecule has 4 nitrogen and oxygen atoms in total. The maximum atomic E-state index is 5.40. The fraction of sp³-hybridized carbons (Fsp3) is 0.353. The molecule has 0 fully saturated rings. The molecular formula is C17H23N3O. The largest absolute Gasteiger partial charge is 0.496 e. The van der Waals surface area contributed by atoms with Gasteiger partial charge >= 0.3 is 0 Å². The highest BCUT2D eigenvalue weighted by atomic mass is 16.5. The van der Waals surface area contributed by atoms with Gasteiger partial charge in [-0.15, -0.1) is 0 Å². The highest BCUT2D eigenvalue weighted by Gasteiger charge is 2.07. The molecule has 0 atom stereocenters. The fourth-order valence-corrected chi connectivity index (χ4v) is 2.30. The van der Waals surface area contributed by atoms with Gasteiger partial charge in [-0.3, -0.25) is 4.90 Å². The average Bonchev–Trinajstić information content (AvgIpc) is 2.48. The highest BCUT2D eigenvalue weighted by Crippen LogP contribution is 2.19. The molecule has 0 unspecified atom stereocenters. The van der Waals surface area contributed by atoms with Crippen LogP contribution in [0.4, 0.5) is 5.82 Å². The maximum absolute atomic E-state index is 5.40. The van der Waals surface area contributed by atoms with Crippen molar-refractivity contribution in [3.05, 3.63) is 53.7 Å². The molecule has 112 valence electrons. The molecule has 0 aliphatic heterocycles. The molecule has 0 spiro atoms. The first-order chi connectivity index (χ1) is 10.2. The van der Waals surface area contributed by atoms with Crippen LogP contribution < -0.4 is 10.1 Å². The quantitative estimate of drug-likeness (QED) is 0.848. The Balaban J connectivity index is 2.01. The number of para-hydroxylation sites is 1. The molecule has 2 aromatic rings. The van der Waals surface area contributed by atoms with Gasteiger partial charge in [-0.1, -0.05) is 24.3 Å². The van der Waals surface area contributed by atoms with Gasteiger partial charge in [0, 0.05) is 25.2 Å². The lowest BCUT2D eigenvalue weighted by atomic mass is 10.2. The molecule has 0 aliphatic rings. The Kier molecular flexibility index (Phi) is 5.58. The summed E-state index contributed by atoms with van der Waals surface area (Å²) in [6, 6.07) is 14.2. The number of methoxy groups -OCH3 is 1. The van der Waals surface area contributed by atoms with Crippen LogP contribution in [0.15, 0.2) is 42.5 Å². The summed E-state index contributed by atoms with van der Waals surface area (Å²) in [5.74, 6) is 1.86. The van der Waals surface area contributed by atoms with Crippen LogP contribution >= 0.6 is 0 Å². The van der Waals surface area contributed by atoms with Crippen molar-refractivity contribution in [1.29, 1.82) is 0 Å². The van der Waals surface area contributed by atoms with E-state index in [2.05, 4.69) is 41.3 Å². The van der Waals surface area contributed by atoms with Crippen molar-refractivity contribution in [1.82, 2.24) is 9.88 Å². The van der Waals surface area contributed by atoms with E-state index in [0.29, 0.717) is 0 Å². The van der Waals surface area contributed by atoms with Gasteiger partial charge in [-0.25, -0.2) is 4.98 Å². The zero-order valence-electron chi connectivity index (χ0n) is 13.0. The van der Waals surface area contributed by atoms with Crippen molar-refractivity contribution in [2.75, 3.05) is 26.0 Å². The van der Waals surface area contributed by atoms with Gasteiger partial charge in [0.1, 0.15) is 11.6 Å². The van der Waals surface area contributed by atoms with Crippen LogP contribution in [0.2, 0.25) is 0 Å². The van der Waals surface area contributed by atoms with E-state index < -0.39 is 0 Å². The summed E-state index contributed by atoms with van der Waals surface area (Å²) < 4.78 is 5.40. The average molecular weight is 285 g/mol. The van der Waals surface area contributed by atoms with E-state index in [1.54, 1.807) is 7.11 Å². The second-order valence-corrected chi connectivity index (χ2v) is 5.03. The van der Waals surface area contributed by atoms with Crippen molar-refractivity contribution in [2.24, 2.45) is 0 Å². The lowest BCUT2D eigenvalue weighted by molar-refractivity contribution is 0.307. The second-order valence-electron chi connectivity index (χ2n) is 5.03. The number of nitrogens with zero attached hydrogens (tertiary/aromatic N) is 2. The standard InChI is InChI=1S/C17H23N3O/c1-4-18-17-11-7-9-15(19-17)13-20(2)12-14-8-5-6-10-16(14)21-3/h5-11H,4,12-13H2,1-3H3,(H,18,19). The molecule has 1 heterocycles. The highest BCUT2D eigenvalue weighted by molar-refractivity contribution is 5.35. The summed E-state index contributed by atoms with van der Waals surface area (Å²) in [6.45, 7) is 4.59. The molecular weight excluding hydrogens is 262 g/mol. The molecule has 1 aromatic heterocycles. The lowest BCUT2D eigenvalue weighted by Crippen LogP contribution is -2.18. The number of rotatable bonds is 7. The van der Waals surface area contributed by atoms with Crippen LogP contribution in [0.1, 0.15) is 18.2 Å². The Labute approximate surface area is 126 Å². The van der Waals surface area contributed by atoms with E-state index in [1.165, 1.54) is 5.56 Å². The zero-order valence-corrected chi connectivity index (χ0v) is 13.0. The first kappa shape index (κ1) is 15.3. The van der Waals surface area contributed by atoms with E-state index in [1.807, 2.05) is 30.3 Å². The van der Waals surface area contributed by atoms with Crippen LogP contribution in [-0.2, 0) is 13.1 Å². The van der Waals surface area contributed by atoms with Crippen molar-refractivity contribution in [2.45, 2.75) is 20.0 Å². The van der Waals surface area contributed by atoms with Gasteiger partial charge in [0.05, 0.1) is 12.8 Å². The van der Waals surface area contributed by atoms with Gasteiger partial charge in [-0.05, 0) is 32.2 Å². The van der Waals surface area contributed by atoms with E-state index in [9.17, 15) is 0 Å². The van der Waals surface area contributed by atoms with Crippen molar-refractivity contribution < 1.29 is 4.74 Å².